The number of hydrogen-bond donors (Lipinski definition) is 1. The maximum absolute atomic E-state index is 12.4. The molecule has 0 bridgehead atoms. The fraction of sp³-hybridized carbons (Fsp3) is 0.846. The van der Waals surface area contributed by atoms with Gasteiger partial charge in [-0.1, -0.05) is 12.8 Å². The van der Waals surface area contributed by atoms with E-state index in [1.807, 2.05) is 4.90 Å². The molecule has 4 heteroatoms. The number of rotatable bonds is 3. The Morgan fingerprint density at radius 3 is 2.24 bits per heavy atom. The molecule has 1 aliphatic carbocycles. The number of nitrogens with one attached hydrogen (secondary N) is 1. The molecule has 0 spiro atoms. The second kappa shape index (κ2) is 5.52. The molecule has 96 valence electrons. The van der Waals surface area contributed by atoms with Gasteiger partial charge in [0, 0.05) is 20.0 Å². The number of amides is 2. The smallest absolute Gasteiger partial charge is 0.245 e. The van der Waals surface area contributed by atoms with Gasteiger partial charge in [-0.25, -0.2) is 0 Å². The van der Waals surface area contributed by atoms with Crippen LogP contribution in [-0.4, -0.2) is 35.8 Å². The van der Waals surface area contributed by atoms with E-state index in [0.717, 1.165) is 38.8 Å². The van der Waals surface area contributed by atoms with Gasteiger partial charge in [-0.2, -0.15) is 0 Å². The summed E-state index contributed by atoms with van der Waals surface area (Å²) in [4.78, 5) is 25.5. The molecule has 1 saturated carbocycles. The summed E-state index contributed by atoms with van der Waals surface area (Å²) >= 11 is 0. The number of carbonyl (C=O) groups is 2. The molecular formula is C13H22N2O2. The highest BCUT2D eigenvalue weighted by Gasteiger charge is 2.34. The predicted molar refractivity (Wildman–Crippen MR) is 65.4 cm³/mol. The van der Waals surface area contributed by atoms with Crippen LogP contribution in [0.4, 0.5) is 0 Å². The fourth-order valence-corrected chi connectivity index (χ4v) is 3.03. The molecule has 2 amide bonds. The van der Waals surface area contributed by atoms with Crippen LogP contribution in [0.3, 0.4) is 0 Å². The lowest BCUT2D eigenvalue weighted by atomic mass is 9.96. The Bertz CT molecular complexity index is 292. The molecule has 1 heterocycles. The topological polar surface area (TPSA) is 49.4 Å². The third kappa shape index (κ3) is 2.99. The zero-order valence-electron chi connectivity index (χ0n) is 10.6. The molecule has 0 radical (unpaired) electrons. The van der Waals surface area contributed by atoms with Gasteiger partial charge < -0.3 is 10.2 Å². The Kier molecular flexibility index (Phi) is 4.02. The van der Waals surface area contributed by atoms with Crippen LogP contribution in [0.1, 0.15) is 45.4 Å². The number of carbonyl (C=O) groups excluding carboxylic acids is 2. The molecule has 4 nitrogen and oxygen atoms in total. The van der Waals surface area contributed by atoms with Gasteiger partial charge in [-0.05, 0) is 31.6 Å². The summed E-state index contributed by atoms with van der Waals surface area (Å²) < 4.78 is 0. The second-order valence-corrected chi connectivity index (χ2v) is 5.26. The van der Waals surface area contributed by atoms with Gasteiger partial charge in [0.25, 0.3) is 0 Å². The molecule has 17 heavy (non-hydrogen) atoms. The number of likely N-dealkylation sites (tertiary alicyclic amines) is 1. The van der Waals surface area contributed by atoms with E-state index < -0.39 is 0 Å². The lowest BCUT2D eigenvalue weighted by Crippen LogP contribution is -2.50. The quantitative estimate of drug-likeness (QED) is 0.805. The third-order valence-corrected chi connectivity index (χ3v) is 3.91. The monoisotopic (exact) mass is 238 g/mol. The van der Waals surface area contributed by atoms with Crippen LogP contribution in [-0.2, 0) is 9.59 Å². The Morgan fingerprint density at radius 2 is 1.71 bits per heavy atom. The van der Waals surface area contributed by atoms with Gasteiger partial charge in [0.2, 0.25) is 11.8 Å². The van der Waals surface area contributed by atoms with E-state index in [4.69, 9.17) is 0 Å². The minimum Gasteiger partial charge on any atom is -0.344 e. The molecular weight excluding hydrogens is 216 g/mol. The van der Waals surface area contributed by atoms with Gasteiger partial charge in [0.15, 0.2) is 0 Å². The summed E-state index contributed by atoms with van der Waals surface area (Å²) in [7, 11) is 0. The highest BCUT2D eigenvalue weighted by atomic mass is 16.2. The van der Waals surface area contributed by atoms with E-state index in [1.165, 1.54) is 19.8 Å². The van der Waals surface area contributed by atoms with Gasteiger partial charge in [-0.3, -0.25) is 9.59 Å². The first kappa shape index (κ1) is 12.4. The maximum Gasteiger partial charge on any atom is 0.245 e. The van der Waals surface area contributed by atoms with Gasteiger partial charge in [-0.15, -0.1) is 0 Å². The van der Waals surface area contributed by atoms with E-state index in [1.54, 1.807) is 0 Å². The molecule has 2 aliphatic rings. The second-order valence-electron chi connectivity index (χ2n) is 5.26. The zero-order chi connectivity index (χ0) is 12.3. The Hall–Kier alpha value is -1.06. The SMILES string of the molecule is CC(=O)NC(C(=O)N1CCCC1)C1CCCC1. The highest BCUT2D eigenvalue weighted by molar-refractivity contribution is 5.87. The summed E-state index contributed by atoms with van der Waals surface area (Å²) in [5.41, 5.74) is 0. The summed E-state index contributed by atoms with van der Waals surface area (Å²) in [5, 5.41) is 2.87. The fourth-order valence-electron chi connectivity index (χ4n) is 3.03. The van der Waals surface area contributed by atoms with Crippen LogP contribution in [0, 0.1) is 5.92 Å². The van der Waals surface area contributed by atoms with Crippen LogP contribution < -0.4 is 5.32 Å². The highest BCUT2D eigenvalue weighted by Crippen LogP contribution is 2.29. The third-order valence-electron chi connectivity index (χ3n) is 3.91. The molecule has 1 N–H and O–H groups in total. The van der Waals surface area contributed by atoms with Crippen molar-refractivity contribution in [1.82, 2.24) is 10.2 Å². The number of hydrogen-bond acceptors (Lipinski definition) is 2. The summed E-state index contributed by atoms with van der Waals surface area (Å²) in [6.07, 6.45) is 6.73. The van der Waals surface area contributed by atoms with E-state index >= 15 is 0 Å². The van der Waals surface area contributed by atoms with Crippen molar-refractivity contribution in [3.8, 4) is 0 Å². The molecule has 0 aromatic rings. The molecule has 2 fully saturated rings. The Labute approximate surface area is 103 Å². The van der Waals surface area contributed by atoms with E-state index in [9.17, 15) is 9.59 Å². The van der Waals surface area contributed by atoms with Crippen molar-refractivity contribution < 1.29 is 9.59 Å². The van der Waals surface area contributed by atoms with Crippen LogP contribution in [0.5, 0.6) is 0 Å². The Morgan fingerprint density at radius 1 is 1.12 bits per heavy atom. The largest absolute Gasteiger partial charge is 0.344 e. The molecule has 1 unspecified atom stereocenters. The van der Waals surface area contributed by atoms with Gasteiger partial charge >= 0.3 is 0 Å². The molecule has 1 saturated heterocycles. The van der Waals surface area contributed by atoms with Crippen LogP contribution in [0.25, 0.3) is 0 Å². The minimum absolute atomic E-state index is 0.0885. The summed E-state index contributed by atoms with van der Waals surface area (Å²) in [5.74, 6) is 0.408. The number of nitrogens with zero attached hydrogens (tertiary/aromatic N) is 1. The molecule has 1 atom stereocenters. The first-order valence-electron chi connectivity index (χ1n) is 6.74. The molecule has 0 aromatic heterocycles. The lowest BCUT2D eigenvalue weighted by Gasteiger charge is -2.27. The minimum atomic E-state index is -0.270. The van der Waals surface area contributed by atoms with Crippen LogP contribution >= 0.6 is 0 Å². The zero-order valence-corrected chi connectivity index (χ0v) is 10.6. The average molecular weight is 238 g/mol. The Balaban J connectivity index is 2.02. The molecule has 0 aromatic carbocycles. The van der Waals surface area contributed by atoms with Crippen molar-refractivity contribution in [2.45, 2.75) is 51.5 Å². The van der Waals surface area contributed by atoms with E-state index in [2.05, 4.69) is 5.32 Å². The summed E-state index contributed by atoms with van der Waals surface area (Å²) in [6.45, 7) is 3.22. The van der Waals surface area contributed by atoms with Crippen molar-refractivity contribution in [1.29, 1.82) is 0 Å². The van der Waals surface area contributed by atoms with Crippen LogP contribution in [0.15, 0.2) is 0 Å². The standard InChI is InChI=1S/C13H22N2O2/c1-10(16)14-12(11-6-2-3-7-11)13(17)15-8-4-5-9-15/h11-12H,2-9H2,1H3,(H,14,16). The van der Waals surface area contributed by atoms with Crippen molar-refractivity contribution in [3.63, 3.8) is 0 Å². The first-order valence-corrected chi connectivity index (χ1v) is 6.74. The lowest BCUT2D eigenvalue weighted by molar-refractivity contribution is -0.136. The van der Waals surface area contributed by atoms with Crippen molar-refractivity contribution in [3.05, 3.63) is 0 Å². The summed E-state index contributed by atoms with van der Waals surface area (Å²) in [6, 6.07) is -0.270. The van der Waals surface area contributed by atoms with Crippen molar-refractivity contribution >= 4 is 11.8 Å². The molecule has 1 aliphatic heterocycles. The van der Waals surface area contributed by atoms with Gasteiger partial charge in [0.1, 0.15) is 6.04 Å². The molecule has 2 rings (SSSR count). The predicted octanol–water partition coefficient (Wildman–Crippen LogP) is 1.30. The van der Waals surface area contributed by atoms with Crippen molar-refractivity contribution in [2.24, 2.45) is 5.92 Å². The average Bonchev–Trinajstić information content (AvgIpc) is 2.96. The van der Waals surface area contributed by atoms with E-state index in [-0.39, 0.29) is 17.9 Å². The van der Waals surface area contributed by atoms with Crippen molar-refractivity contribution in [2.75, 3.05) is 13.1 Å². The maximum atomic E-state index is 12.4. The first-order chi connectivity index (χ1) is 8.18. The normalized spacial score (nSPS) is 22.8. The van der Waals surface area contributed by atoms with Crippen LogP contribution in [0.2, 0.25) is 0 Å². The van der Waals surface area contributed by atoms with Gasteiger partial charge in [0.05, 0.1) is 0 Å². The van der Waals surface area contributed by atoms with E-state index in [0.29, 0.717) is 5.92 Å².